The van der Waals surface area contributed by atoms with Crippen molar-refractivity contribution < 1.29 is 14.3 Å². The van der Waals surface area contributed by atoms with Crippen molar-refractivity contribution in [1.29, 1.82) is 0 Å². The van der Waals surface area contributed by atoms with Crippen molar-refractivity contribution in [3.05, 3.63) is 78.0 Å². The summed E-state index contributed by atoms with van der Waals surface area (Å²) >= 11 is 0. The van der Waals surface area contributed by atoms with E-state index < -0.39 is 0 Å². The fraction of sp³-hybridized carbons (Fsp3) is 0.250. The number of nitrogens with zero attached hydrogens (tertiary/aromatic N) is 5. The summed E-state index contributed by atoms with van der Waals surface area (Å²) < 4.78 is 13.2. The molecule has 1 atom stereocenters. The molecule has 1 aliphatic heterocycles. The lowest BCUT2D eigenvalue weighted by Crippen LogP contribution is -2.30. The van der Waals surface area contributed by atoms with Crippen molar-refractivity contribution in [2.45, 2.75) is 19.5 Å². The van der Waals surface area contributed by atoms with Crippen molar-refractivity contribution >= 4 is 17.1 Å². The summed E-state index contributed by atoms with van der Waals surface area (Å²) in [5.41, 5.74) is 3.94. The number of carbonyl (C=O) groups is 1. The summed E-state index contributed by atoms with van der Waals surface area (Å²) in [5.74, 6) is 1.32. The van der Waals surface area contributed by atoms with E-state index in [1.165, 1.54) is 0 Å². The van der Waals surface area contributed by atoms with Gasteiger partial charge in [-0.1, -0.05) is 12.1 Å². The maximum absolute atomic E-state index is 13.2. The molecule has 1 aliphatic rings. The van der Waals surface area contributed by atoms with Gasteiger partial charge in [-0.15, -0.1) is 0 Å². The predicted molar refractivity (Wildman–Crippen MR) is 119 cm³/mol. The number of hydrogen-bond acceptors (Lipinski definition) is 6. The number of hydrogen-bond donors (Lipinski definition) is 0. The van der Waals surface area contributed by atoms with E-state index in [2.05, 4.69) is 15.0 Å². The number of imidazole rings is 1. The van der Waals surface area contributed by atoms with Crippen LogP contribution in [0.15, 0.2) is 61.3 Å². The number of pyridine rings is 2. The highest BCUT2D eigenvalue weighted by Crippen LogP contribution is 2.34. The van der Waals surface area contributed by atoms with Crippen LogP contribution in [0.25, 0.3) is 11.2 Å². The zero-order valence-corrected chi connectivity index (χ0v) is 17.9. The molecule has 4 aromatic rings. The molecular weight excluding hydrogens is 406 g/mol. The van der Waals surface area contributed by atoms with E-state index in [0.29, 0.717) is 36.6 Å². The summed E-state index contributed by atoms with van der Waals surface area (Å²) in [4.78, 5) is 28.0. The molecule has 5 rings (SSSR count). The Bertz CT molecular complexity index is 1270. The summed E-state index contributed by atoms with van der Waals surface area (Å²) in [7, 11) is 1.79. The highest BCUT2D eigenvalue weighted by molar-refractivity contribution is 5.96. The molecular formula is C24H23N5O3. The van der Waals surface area contributed by atoms with Crippen LogP contribution in [0.5, 0.6) is 11.5 Å². The molecule has 4 heterocycles. The van der Waals surface area contributed by atoms with Crippen molar-refractivity contribution in [3.63, 3.8) is 0 Å². The molecule has 0 saturated carbocycles. The molecule has 1 amide bonds. The van der Waals surface area contributed by atoms with Crippen LogP contribution in [0.2, 0.25) is 0 Å². The van der Waals surface area contributed by atoms with Gasteiger partial charge in [-0.3, -0.25) is 9.78 Å². The van der Waals surface area contributed by atoms with Gasteiger partial charge in [0.1, 0.15) is 18.7 Å². The Kier molecular flexibility index (Phi) is 5.18. The van der Waals surface area contributed by atoms with E-state index in [4.69, 9.17) is 9.47 Å². The third-order valence-corrected chi connectivity index (χ3v) is 5.73. The average molecular weight is 429 g/mol. The average Bonchev–Trinajstić information content (AvgIpc) is 3.24. The molecule has 0 fully saturated rings. The molecule has 32 heavy (non-hydrogen) atoms. The molecule has 1 aromatic carbocycles. The van der Waals surface area contributed by atoms with Crippen LogP contribution in [-0.4, -0.2) is 50.6 Å². The Morgan fingerprint density at radius 2 is 1.97 bits per heavy atom. The summed E-state index contributed by atoms with van der Waals surface area (Å²) in [6, 6.07) is 11.3. The van der Waals surface area contributed by atoms with Crippen LogP contribution in [0.3, 0.4) is 0 Å². The topological polar surface area (TPSA) is 82.4 Å². The van der Waals surface area contributed by atoms with Gasteiger partial charge in [-0.25, -0.2) is 9.97 Å². The predicted octanol–water partition coefficient (Wildman–Crippen LogP) is 3.48. The maximum Gasteiger partial charge on any atom is 0.255 e. The van der Waals surface area contributed by atoms with Crippen molar-refractivity contribution in [2.24, 2.45) is 0 Å². The summed E-state index contributed by atoms with van der Waals surface area (Å²) in [6.07, 6.45) is 6.91. The Balaban J connectivity index is 1.36. The first-order valence-electron chi connectivity index (χ1n) is 10.5. The van der Waals surface area contributed by atoms with E-state index >= 15 is 0 Å². The number of benzene rings is 1. The first-order valence-corrected chi connectivity index (χ1v) is 10.5. The van der Waals surface area contributed by atoms with Crippen LogP contribution in [0.4, 0.5) is 0 Å². The summed E-state index contributed by atoms with van der Waals surface area (Å²) in [6.45, 7) is 3.68. The molecule has 0 bridgehead atoms. The fourth-order valence-electron chi connectivity index (χ4n) is 3.79. The van der Waals surface area contributed by atoms with Gasteiger partial charge >= 0.3 is 0 Å². The van der Waals surface area contributed by atoms with Crippen LogP contribution in [0, 0.1) is 0 Å². The van der Waals surface area contributed by atoms with Crippen molar-refractivity contribution in [1.82, 2.24) is 24.4 Å². The number of fused-ring (bicyclic) bond motifs is 2. The lowest BCUT2D eigenvalue weighted by molar-refractivity contribution is 0.0742. The van der Waals surface area contributed by atoms with Gasteiger partial charge in [0.25, 0.3) is 5.91 Å². The second-order valence-electron chi connectivity index (χ2n) is 7.80. The Morgan fingerprint density at radius 3 is 2.78 bits per heavy atom. The van der Waals surface area contributed by atoms with E-state index in [0.717, 1.165) is 22.5 Å². The smallest absolute Gasteiger partial charge is 0.255 e. The quantitative estimate of drug-likeness (QED) is 0.483. The highest BCUT2D eigenvalue weighted by atomic mass is 16.6. The largest absolute Gasteiger partial charge is 0.486 e. The molecule has 1 unspecified atom stereocenters. The lowest BCUT2D eigenvalue weighted by atomic mass is 10.1. The molecule has 3 aromatic heterocycles. The van der Waals surface area contributed by atoms with Crippen LogP contribution in [-0.2, 0) is 6.54 Å². The SMILES string of the molecule is CC(c1ccc2c(c1)OCCO2)N(C)C(=O)c1cnc2c(c1)ncn2Cc1cccnc1. The molecule has 8 nitrogen and oxygen atoms in total. The Morgan fingerprint density at radius 1 is 1.12 bits per heavy atom. The number of rotatable bonds is 5. The van der Waals surface area contributed by atoms with E-state index in [1.807, 2.05) is 48.0 Å². The molecule has 0 N–H and O–H groups in total. The lowest BCUT2D eigenvalue weighted by Gasteiger charge is -2.27. The van der Waals surface area contributed by atoms with E-state index in [9.17, 15) is 4.79 Å². The van der Waals surface area contributed by atoms with Gasteiger partial charge in [-0.05, 0) is 42.3 Å². The zero-order valence-electron chi connectivity index (χ0n) is 17.9. The standard InChI is InChI=1S/C24H23N5O3/c1-16(18-5-6-21-22(11-18)32-9-8-31-21)28(2)24(30)19-10-20-23(26-13-19)29(15-27-20)14-17-4-3-7-25-12-17/h3-7,10-13,15-16H,8-9,14H2,1-2H3. The van der Waals surface area contributed by atoms with Crippen molar-refractivity contribution in [2.75, 3.05) is 20.3 Å². The maximum atomic E-state index is 13.2. The Hall–Kier alpha value is -3.94. The monoisotopic (exact) mass is 429 g/mol. The second kappa shape index (κ2) is 8.30. The number of amides is 1. The molecule has 8 heteroatoms. The van der Waals surface area contributed by atoms with Gasteiger partial charge in [-0.2, -0.15) is 0 Å². The molecule has 0 spiro atoms. The first-order chi connectivity index (χ1) is 15.6. The van der Waals surface area contributed by atoms with Gasteiger partial charge in [0, 0.05) is 25.6 Å². The highest BCUT2D eigenvalue weighted by Gasteiger charge is 2.22. The van der Waals surface area contributed by atoms with Gasteiger partial charge in [0.2, 0.25) is 0 Å². The van der Waals surface area contributed by atoms with Crippen LogP contribution in [0.1, 0.15) is 34.5 Å². The van der Waals surface area contributed by atoms with Crippen molar-refractivity contribution in [3.8, 4) is 11.5 Å². The van der Waals surface area contributed by atoms with E-state index in [1.54, 1.807) is 36.7 Å². The number of ether oxygens (including phenoxy) is 2. The molecule has 0 saturated heterocycles. The first kappa shape index (κ1) is 20.0. The minimum Gasteiger partial charge on any atom is -0.486 e. The van der Waals surface area contributed by atoms with Crippen LogP contribution >= 0.6 is 0 Å². The van der Waals surface area contributed by atoms with Gasteiger partial charge in [0.15, 0.2) is 17.1 Å². The second-order valence-corrected chi connectivity index (χ2v) is 7.80. The molecule has 0 aliphatic carbocycles. The third kappa shape index (κ3) is 3.75. The normalized spacial score (nSPS) is 13.7. The number of carbonyl (C=O) groups excluding carboxylic acids is 1. The third-order valence-electron chi connectivity index (χ3n) is 5.73. The van der Waals surface area contributed by atoms with Gasteiger partial charge < -0.3 is 18.9 Å². The Labute approximate surface area is 185 Å². The van der Waals surface area contributed by atoms with Crippen LogP contribution < -0.4 is 9.47 Å². The number of aromatic nitrogens is 4. The minimum absolute atomic E-state index is 0.122. The van der Waals surface area contributed by atoms with Gasteiger partial charge in [0.05, 0.1) is 24.5 Å². The minimum atomic E-state index is -0.155. The fourth-order valence-corrected chi connectivity index (χ4v) is 3.79. The molecule has 0 radical (unpaired) electrons. The zero-order chi connectivity index (χ0) is 22.1. The summed E-state index contributed by atoms with van der Waals surface area (Å²) in [5, 5.41) is 0. The molecule has 162 valence electrons. The van der Waals surface area contributed by atoms with E-state index in [-0.39, 0.29) is 11.9 Å².